The Labute approximate surface area is 128 Å². The summed E-state index contributed by atoms with van der Waals surface area (Å²) >= 11 is 0. The molecule has 120 valence electrons. The Hall–Kier alpha value is -1.66. The summed E-state index contributed by atoms with van der Waals surface area (Å²) in [5, 5.41) is 0. The van der Waals surface area contributed by atoms with E-state index in [2.05, 4.69) is 0 Å². The standard InChI is InChI=1S/C16H20FNO4/c17-13-4-1-2-5-14(13)20-12-15(19)18-8-6-16(7-9-18)21-10-3-11-22-16/h1-2,4-5H,3,6-12H2. The van der Waals surface area contributed by atoms with E-state index in [-0.39, 0.29) is 18.3 Å². The van der Waals surface area contributed by atoms with Crippen LogP contribution in [0.25, 0.3) is 0 Å². The van der Waals surface area contributed by atoms with E-state index in [1.54, 1.807) is 17.0 Å². The molecule has 6 heteroatoms. The maximum Gasteiger partial charge on any atom is 0.260 e. The average molecular weight is 309 g/mol. The number of para-hydroxylation sites is 1. The number of hydrogen-bond acceptors (Lipinski definition) is 4. The fourth-order valence-corrected chi connectivity index (χ4v) is 2.79. The van der Waals surface area contributed by atoms with Crippen molar-refractivity contribution in [3.8, 4) is 5.75 Å². The highest BCUT2D eigenvalue weighted by Crippen LogP contribution is 2.30. The van der Waals surface area contributed by atoms with Gasteiger partial charge < -0.3 is 19.1 Å². The zero-order chi connectivity index (χ0) is 15.4. The molecule has 2 aliphatic heterocycles. The largest absolute Gasteiger partial charge is 0.481 e. The van der Waals surface area contributed by atoms with Crippen LogP contribution >= 0.6 is 0 Å². The van der Waals surface area contributed by atoms with Gasteiger partial charge in [0.05, 0.1) is 13.2 Å². The minimum absolute atomic E-state index is 0.100. The number of halogens is 1. The lowest BCUT2D eigenvalue weighted by Gasteiger charge is -2.43. The van der Waals surface area contributed by atoms with Crippen LogP contribution in [0.1, 0.15) is 19.3 Å². The monoisotopic (exact) mass is 309 g/mol. The van der Waals surface area contributed by atoms with Crippen LogP contribution in [0, 0.1) is 5.82 Å². The van der Waals surface area contributed by atoms with Crippen molar-refractivity contribution < 1.29 is 23.4 Å². The van der Waals surface area contributed by atoms with E-state index in [4.69, 9.17) is 14.2 Å². The molecule has 0 radical (unpaired) electrons. The predicted octanol–water partition coefficient (Wildman–Crippen LogP) is 1.96. The predicted molar refractivity (Wildman–Crippen MR) is 77.0 cm³/mol. The van der Waals surface area contributed by atoms with Crippen LogP contribution in [-0.4, -0.2) is 49.5 Å². The number of rotatable bonds is 3. The fraction of sp³-hybridized carbons (Fsp3) is 0.562. The van der Waals surface area contributed by atoms with Crippen molar-refractivity contribution in [1.29, 1.82) is 0 Å². The summed E-state index contributed by atoms with van der Waals surface area (Å²) in [5.74, 6) is -1.02. The molecular weight excluding hydrogens is 289 g/mol. The molecule has 1 aromatic carbocycles. The van der Waals surface area contributed by atoms with Gasteiger partial charge in [-0.1, -0.05) is 12.1 Å². The van der Waals surface area contributed by atoms with Crippen molar-refractivity contribution in [2.75, 3.05) is 32.9 Å². The summed E-state index contributed by atoms with van der Waals surface area (Å²) < 4.78 is 30.2. The highest BCUT2D eigenvalue weighted by atomic mass is 19.1. The van der Waals surface area contributed by atoms with Crippen LogP contribution in [0.5, 0.6) is 5.75 Å². The summed E-state index contributed by atoms with van der Waals surface area (Å²) in [6.07, 6.45) is 2.25. The number of carbonyl (C=O) groups excluding carboxylic acids is 1. The molecule has 0 aromatic heterocycles. The van der Waals surface area contributed by atoms with Gasteiger partial charge in [0.2, 0.25) is 0 Å². The van der Waals surface area contributed by atoms with Gasteiger partial charge in [0.25, 0.3) is 5.91 Å². The Morgan fingerprint density at radius 2 is 1.91 bits per heavy atom. The minimum atomic E-state index is -0.512. The number of amides is 1. The molecule has 22 heavy (non-hydrogen) atoms. The normalized spacial score (nSPS) is 20.9. The quantitative estimate of drug-likeness (QED) is 0.856. The molecule has 1 amide bonds. The molecule has 3 rings (SSSR count). The van der Waals surface area contributed by atoms with Crippen LogP contribution in [0.15, 0.2) is 24.3 Å². The zero-order valence-corrected chi connectivity index (χ0v) is 12.4. The molecular formula is C16H20FNO4. The minimum Gasteiger partial charge on any atom is -0.481 e. The summed E-state index contributed by atoms with van der Waals surface area (Å²) in [7, 11) is 0. The maximum absolute atomic E-state index is 13.4. The van der Waals surface area contributed by atoms with Crippen molar-refractivity contribution in [3.63, 3.8) is 0 Å². The van der Waals surface area contributed by atoms with Gasteiger partial charge in [-0.05, 0) is 18.6 Å². The second-order valence-corrected chi connectivity index (χ2v) is 5.56. The molecule has 0 atom stereocenters. The van der Waals surface area contributed by atoms with Gasteiger partial charge in [0.15, 0.2) is 24.0 Å². The van der Waals surface area contributed by atoms with Crippen molar-refractivity contribution in [2.45, 2.75) is 25.0 Å². The summed E-state index contributed by atoms with van der Waals surface area (Å²) in [6, 6.07) is 6.07. The Morgan fingerprint density at radius 3 is 2.59 bits per heavy atom. The molecule has 0 saturated carbocycles. The van der Waals surface area contributed by atoms with Gasteiger partial charge in [-0.2, -0.15) is 0 Å². The second-order valence-electron chi connectivity index (χ2n) is 5.56. The van der Waals surface area contributed by atoms with Crippen molar-refractivity contribution in [2.24, 2.45) is 0 Å². The second kappa shape index (κ2) is 6.62. The number of benzene rings is 1. The first kappa shape index (κ1) is 15.2. The van der Waals surface area contributed by atoms with Gasteiger partial charge in [-0.3, -0.25) is 4.79 Å². The number of likely N-dealkylation sites (tertiary alicyclic amines) is 1. The highest BCUT2D eigenvalue weighted by Gasteiger charge is 2.39. The zero-order valence-electron chi connectivity index (χ0n) is 12.4. The highest BCUT2D eigenvalue weighted by molar-refractivity contribution is 5.77. The smallest absolute Gasteiger partial charge is 0.260 e. The third-order valence-electron chi connectivity index (χ3n) is 4.08. The van der Waals surface area contributed by atoms with Gasteiger partial charge >= 0.3 is 0 Å². The molecule has 2 saturated heterocycles. The Balaban J connectivity index is 1.49. The third-order valence-corrected chi connectivity index (χ3v) is 4.08. The van der Waals surface area contributed by atoms with Gasteiger partial charge in [0, 0.05) is 25.9 Å². The van der Waals surface area contributed by atoms with Crippen LogP contribution in [0.3, 0.4) is 0 Å². The summed E-state index contributed by atoms with van der Waals surface area (Å²) in [4.78, 5) is 13.9. The van der Waals surface area contributed by atoms with Crippen LogP contribution in [0.2, 0.25) is 0 Å². The molecule has 0 N–H and O–H groups in total. The number of carbonyl (C=O) groups is 1. The Kier molecular flexibility index (Phi) is 4.59. The molecule has 2 aliphatic rings. The average Bonchev–Trinajstić information content (AvgIpc) is 2.55. The molecule has 2 fully saturated rings. The van der Waals surface area contributed by atoms with Crippen molar-refractivity contribution in [1.82, 2.24) is 4.90 Å². The third kappa shape index (κ3) is 3.39. The molecule has 1 aromatic rings. The van der Waals surface area contributed by atoms with Crippen LogP contribution < -0.4 is 4.74 Å². The first-order valence-corrected chi connectivity index (χ1v) is 7.62. The summed E-state index contributed by atoms with van der Waals surface area (Å²) in [5.41, 5.74) is 0. The fourth-order valence-electron chi connectivity index (χ4n) is 2.79. The first-order chi connectivity index (χ1) is 10.7. The lowest BCUT2D eigenvalue weighted by atomic mass is 10.0. The van der Waals surface area contributed by atoms with E-state index in [0.29, 0.717) is 39.1 Å². The van der Waals surface area contributed by atoms with E-state index in [9.17, 15) is 9.18 Å². The Morgan fingerprint density at radius 1 is 1.23 bits per heavy atom. The maximum atomic E-state index is 13.4. The molecule has 1 spiro atoms. The lowest BCUT2D eigenvalue weighted by Crippen LogP contribution is -2.52. The van der Waals surface area contributed by atoms with Crippen molar-refractivity contribution >= 4 is 5.91 Å². The summed E-state index contributed by atoms with van der Waals surface area (Å²) in [6.45, 7) is 2.41. The Bertz CT molecular complexity index is 521. The van der Waals surface area contributed by atoms with Crippen molar-refractivity contribution in [3.05, 3.63) is 30.1 Å². The molecule has 5 nitrogen and oxygen atoms in total. The molecule has 2 heterocycles. The van der Waals surface area contributed by atoms with E-state index >= 15 is 0 Å². The number of ether oxygens (including phenoxy) is 3. The lowest BCUT2D eigenvalue weighted by molar-refractivity contribution is -0.282. The van der Waals surface area contributed by atoms with Crippen LogP contribution in [-0.2, 0) is 14.3 Å². The molecule has 0 aliphatic carbocycles. The number of hydrogen-bond donors (Lipinski definition) is 0. The SMILES string of the molecule is O=C(COc1ccccc1F)N1CCC2(CC1)OCCCO2. The first-order valence-electron chi connectivity index (χ1n) is 7.62. The van der Waals surface area contributed by atoms with Crippen LogP contribution in [0.4, 0.5) is 4.39 Å². The molecule has 0 unspecified atom stereocenters. The topological polar surface area (TPSA) is 48.0 Å². The van der Waals surface area contributed by atoms with Gasteiger partial charge in [-0.15, -0.1) is 0 Å². The van der Waals surface area contributed by atoms with E-state index in [0.717, 1.165) is 6.42 Å². The van der Waals surface area contributed by atoms with Gasteiger partial charge in [0.1, 0.15) is 0 Å². The van der Waals surface area contributed by atoms with E-state index in [1.165, 1.54) is 12.1 Å². The number of nitrogens with zero attached hydrogens (tertiary/aromatic N) is 1. The molecule has 0 bridgehead atoms. The number of piperidine rings is 1. The van der Waals surface area contributed by atoms with E-state index in [1.807, 2.05) is 0 Å². The van der Waals surface area contributed by atoms with E-state index < -0.39 is 11.6 Å². The van der Waals surface area contributed by atoms with Gasteiger partial charge in [-0.25, -0.2) is 4.39 Å².